The molecule has 4 rings (SSSR count). The molecule has 1 aliphatic rings. The molecule has 0 atom stereocenters. The van der Waals surface area contributed by atoms with Crippen LogP contribution in [0.15, 0.2) is 29.4 Å². The molecule has 3 aromatic rings. The molecule has 2 aromatic heterocycles. The topological polar surface area (TPSA) is 96.5 Å². The van der Waals surface area contributed by atoms with Crippen LogP contribution in [0.2, 0.25) is 0 Å². The summed E-state index contributed by atoms with van der Waals surface area (Å²) < 4.78 is 14.8. The van der Waals surface area contributed by atoms with E-state index in [1.807, 2.05) is 0 Å². The van der Waals surface area contributed by atoms with E-state index in [2.05, 4.69) is 26.9 Å². The summed E-state index contributed by atoms with van der Waals surface area (Å²) in [6.45, 7) is 0. The van der Waals surface area contributed by atoms with Gasteiger partial charge in [-0.1, -0.05) is 24.2 Å². The van der Waals surface area contributed by atoms with Crippen molar-refractivity contribution in [3.8, 4) is 11.8 Å². The van der Waals surface area contributed by atoms with E-state index in [1.54, 1.807) is 12.1 Å². The van der Waals surface area contributed by atoms with Gasteiger partial charge < -0.3 is 5.32 Å². The second-order valence-corrected chi connectivity index (χ2v) is 8.62. The van der Waals surface area contributed by atoms with E-state index in [-0.39, 0.29) is 11.7 Å². The van der Waals surface area contributed by atoms with Crippen molar-refractivity contribution in [2.24, 2.45) is 0 Å². The summed E-state index contributed by atoms with van der Waals surface area (Å²) in [5, 5.41) is 24.8. The van der Waals surface area contributed by atoms with E-state index < -0.39 is 5.82 Å². The first-order valence-electron chi connectivity index (χ1n) is 9.17. The molecule has 0 radical (unpaired) electrons. The normalized spacial score (nSPS) is 13.4. The van der Waals surface area contributed by atoms with E-state index >= 15 is 0 Å². The minimum atomic E-state index is -0.395. The SMILES string of the molecule is N#Cc1c(NC(=O)CSc2nnnn2-c2cccc(F)c2)sc2c1CCCCC2. The fraction of sp³-hybridized carbons (Fsp3) is 0.316. The third kappa shape index (κ3) is 4.31. The standard InChI is InChI=1S/C19H17FN6OS2/c20-12-5-4-6-13(9-12)26-19(23-24-25-26)28-11-17(27)22-18-15(10-21)14-7-2-1-3-8-16(14)29-18/h4-6,9H,1-3,7-8,11H2,(H,22,27). The molecular weight excluding hydrogens is 411 g/mol. The van der Waals surface area contributed by atoms with E-state index in [9.17, 15) is 14.4 Å². The van der Waals surface area contributed by atoms with Gasteiger partial charge in [0.05, 0.1) is 17.0 Å². The Hall–Kier alpha value is -2.77. The van der Waals surface area contributed by atoms with Crippen molar-refractivity contribution in [2.45, 2.75) is 37.3 Å². The second kappa shape index (κ2) is 8.71. The number of carbonyl (C=O) groups is 1. The van der Waals surface area contributed by atoms with Crippen LogP contribution >= 0.6 is 23.1 Å². The summed E-state index contributed by atoms with van der Waals surface area (Å²) in [5.74, 6) is -0.562. The number of benzene rings is 1. The fourth-order valence-electron chi connectivity index (χ4n) is 3.28. The zero-order valence-corrected chi connectivity index (χ0v) is 17.0. The lowest BCUT2D eigenvalue weighted by molar-refractivity contribution is -0.113. The number of rotatable bonds is 5. The highest BCUT2D eigenvalue weighted by Gasteiger charge is 2.21. The molecule has 0 saturated carbocycles. The maximum absolute atomic E-state index is 13.5. The Labute approximate surface area is 174 Å². The van der Waals surface area contributed by atoms with E-state index in [0.717, 1.165) is 43.0 Å². The number of hydrogen-bond acceptors (Lipinski definition) is 7. The minimum Gasteiger partial charge on any atom is -0.316 e. The second-order valence-electron chi connectivity index (χ2n) is 6.57. The smallest absolute Gasteiger partial charge is 0.235 e. The van der Waals surface area contributed by atoms with Gasteiger partial charge in [-0.25, -0.2) is 4.39 Å². The van der Waals surface area contributed by atoms with Crippen molar-refractivity contribution in [3.63, 3.8) is 0 Å². The first-order valence-corrected chi connectivity index (χ1v) is 11.0. The number of aromatic nitrogens is 4. The van der Waals surface area contributed by atoms with Gasteiger partial charge >= 0.3 is 0 Å². The maximum atomic E-state index is 13.5. The van der Waals surface area contributed by atoms with Crippen LogP contribution in [0.3, 0.4) is 0 Å². The Bertz CT molecular complexity index is 1090. The number of anilines is 1. The lowest BCUT2D eigenvalue weighted by Crippen LogP contribution is -2.14. The van der Waals surface area contributed by atoms with Crippen molar-refractivity contribution in [1.82, 2.24) is 20.2 Å². The molecule has 7 nitrogen and oxygen atoms in total. The van der Waals surface area contributed by atoms with Crippen LogP contribution in [0.4, 0.5) is 9.39 Å². The van der Waals surface area contributed by atoms with Crippen LogP contribution in [0.5, 0.6) is 0 Å². The molecule has 0 saturated heterocycles. The summed E-state index contributed by atoms with van der Waals surface area (Å²) in [6, 6.07) is 8.16. The molecule has 0 fully saturated rings. The first-order chi connectivity index (χ1) is 14.2. The van der Waals surface area contributed by atoms with Crippen LogP contribution in [-0.4, -0.2) is 31.9 Å². The van der Waals surface area contributed by atoms with Gasteiger partial charge in [0.25, 0.3) is 0 Å². The van der Waals surface area contributed by atoms with E-state index in [1.165, 1.54) is 39.4 Å². The summed E-state index contributed by atoms with van der Waals surface area (Å²) in [6.07, 6.45) is 5.21. The van der Waals surface area contributed by atoms with Gasteiger partial charge in [0.15, 0.2) is 0 Å². The van der Waals surface area contributed by atoms with Gasteiger partial charge in [0.1, 0.15) is 16.9 Å². The number of thiophene rings is 1. The highest BCUT2D eigenvalue weighted by molar-refractivity contribution is 7.99. The average Bonchev–Trinajstić information content (AvgIpc) is 3.24. The van der Waals surface area contributed by atoms with Gasteiger partial charge in [-0.05, 0) is 59.9 Å². The molecule has 0 bridgehead atoms. The zero-order chi connectivity index (χ0) is 20.2. The quantitative estimate of drug-likeness (QED) is 0.491. The Balaban J connectivity index is 1.45. The van der Waals surface area contributed by atoms with Gasteiger partial charge in [0, 0.05) is 4.88 Å². The number of tetrazole rings is 1. The highest BCUT2D eigenvalue weighted by atomic mass is 32.2. The number of nitrogens with zero attached hydrogens (tertiary/aromatic N) is 5. The van der Waals surface area contributed by atoms with Crippen molar-refractivity contribution in [2.75, 3.05) is 11.1 Å². The molecule has 0 aliphatic heterocycles. The molecular formula is C19H17FN6OS2. The van der Waals surface area contributed by atoms with Crippen LogP contribution < -0.4 is 5.32 Å². The zero-order valence-electron chi connectivity index (χ0n) is 15.4. The number of nitriles is 1. The molecule has 0 spiro atoms. The van der Waals surface area contributed by atoms with Crippen molar-refractivity contribution < 1.29 is 9.18 Å². The van der Waals surface area contributed by atoms with Crippen LogP contribution in [-0.2, 0) is 17.6 Å². The summed E-state index contributed by atoms with van der Waals surface area (Å²) >= 11 is 2.65. The summed E-state index contributed by atoms with van der Waals surface area (Å²) in [7, 11) is 0. The lowest BCUT2D eigenvalue weighted by atomic mass is 10.1. The molecule has 10 heteroatoms. The van der Waals surface area contributed by atoms with Gasteiger partial charge in [-0.3, -0.25) is 4.79 Å². The third-order valence-electron chi connectivity index (χ3n) is 4.61. The Morgan fingerprint density at radius 3 is 3.03 bits per heavy atom. The van der Waals surface area contributed by atoms with E-state index in [0.29, 0.717) is 21.4 Å². The Morgan fingerprint density at radius 2 is 2.21 bits per heavy atom. The fourth-order valence-corrected chi connectivity index (χ4v) is 5.23. The lowest BCUT2D eigenvalue weighted by Gasteiger charge is -2.05. The van der Waals surface area contributed by atoms with Crippen LogP contribution in [0.25, 0.3) is 5.69 Å². The Morgan fingerprint density at radius 1 is 1.34 bits per heavy atom. The molecule has 2 heterocycles. The number of aryl methyl sites for hydroxylation is 1. The number of carbonyl (C=O) groups excluding carboxylic acids is 1. The molecule has 1 aromatic carbocycles. The molecule has 1 aliphatic carbocycles. The number of fused-ring (bicyclic) bond motifs is 1. The number of halogens is 1. The van der Waals surface area contributed by atoms with Crippen molar-refractivity contribution in [3.05, 3.63) is 46.1 Å². The average molecular weight is 429 g/mol. The third-order valence-corrected chi connectivity index (χ3v) is 6.74. The first kappa shape index (κ1) is 19.5. The number of nitrogens with one attached hydrogen (secondary N) is 1. The molecule has 1 amide bonds. The molecule has 148 valence electrons. The summed E-state index contributed by atoms with van der Waals surface area (Å²) in [4.78, 5) is 13.7. The predicted octanol–water partition coefficient (Wildman–Crippen LogP) is 3.73. The number of amides is 1. The molecule has 0 unspecified atom stereocenters. The maximum Gasteiger partial charge on any atom is 0.235 e. The molecule has 1 N–H and O–H groups in total. The van der Waals surface area contributed by atoms with Crippen molar-refractivity contribution >= 4 is 34.0 Å². The minimum absolute atomic E-state index is 0.0725. The van der Waals surface area contributed by atoms with E-state index in [4.69, 9.17) is 0 Å². The van der Waals surface area contributed by atoms with Crippen molar-refractivity contribution in [1.29, 1.82) is 5.26 Å². The number of thioether (sulfide) groups is 1. The highest BCUT2D eigenvalue weighted by Crippen LogP contribution is 2.37. The predicted molar refractivity (Wildman–Crippen MR) is 109 cm³/mol. The van der Waals surface area contributed by atoms with Crippen LogP contribution in [0.1, 0.15) is 35.3 Å². The Kier molecular flexibility index (Phi) is 5.87. The molecule has 29 heavy (non-hydrogen) atoms. The monoisotopic (exact) mass is 428 g/mol. The van der Waals surface area contributed by atoms with Gasteiger partial charge in [-0.2, -0.15) is 9.94 Å². The largest absolute Gasteiger partial charge is 0.316 e. The van der Waals surface area contributed by atoms with Crippen LogP contribution in [0, 0.1) is 17.1 Å². The van der Waals surface area contributed by atoms with Gasteiger partial charge in [0.2, 0.25) is 11.1 Å². The summed E-state index contributed by atoms with van der Waals surface area (Å²) in [5.41, 5.74) is 2.16. The number of hydrogen-bond donors (Lipinski definition) is 1. The van der Waals surface area contributed by atoms with Gasteiger partial charge in [-0.15, -0.1) is 16.4 Å².